The second-order valence-corrected chi connectivity index (χ2v) is 5.23. The molecule has 0 unspecified atom stereocenters. The standard InChI is InChI=1S/C17H18N2O4/c1-12-4-6-13(7-5-12)8-9-16(21)23-11-14-10-15(20)19(3)17(22)18(14)2/h4-10H,11H2,1-3H3. The highest BCUT2D eigenvalue weighted by atomic mass is 16.5. The molecule has 0 aliphatic rings. The summed E-state index contributed by atoms with van der Waals surface area (Å²) < 4.78 is 7.34. The Hall–Kier alpha value is -2.89. The largest absolute Gasteiger partial charge is 0.456 e. The maximum absolute atomic E-state index is 11.8. The first kappa shape index (κ1) is 16.5. The van der Waals surface area contributed by atoms with Crippen LogP contribution in [0.5, 0.6) is 0 Å². The van der Waals surface area contributed by atoms with E-state index in [1.807, 2.05) is 31.2 Å². The molecule has 0 amide bonds. The average Bonchev–Trinajstić information content (AvgIpc) is 2.54. The van der Waals surface area contributed by atoms with Crippen LogP contribution in [0.25, 0.3) is 6.08 Å². The molecule has 0 N–H and O–H groups in total. The molecule has 1 heterocycles. The zero-order valence-corrected chi connectivity index (χ0v) is 13.3. The minimum absolute atomic E-state index is 0.140. The van der Waals surface area contributed by atoms with Gasteiger partial charge in [-0.15, -0.1) is 0 Å². The van der Waals surface area contributed by atoms with E-state index in [9.17, 15) is 14.4 Å². The third-order valence-corrected chi connectivity index (χ3v) is 3.48. The summed E-state index contributed by atoms with van der Waals surface area (Å²) in [6, 6.07) is 8.95. The number of aromatic nitrogens is 2. The Bertz CT molecular complexity index is 858. The van der Waals surface area contributed by atoms with E-state index in [1.165, 1.54) is 30.8 Å². The lowest BCUT2D eigenvalue weighted by atomic mass is 10.1. The fourth-order valence-corrected chi connectivity index (χ4v) is 1.95. The van der Waals surface area contributed by atoms with E-state index in [2.05, 4.69) is 0 Å². The smallest absolute Gasteiger partial charge is 0.331 e. The number of carbonyl (C=O) groups is 1. The number of hydrogen-bond acceptors (Lipinski definition) is 4. The Balaban J connectivity index is 2.04. The first-order valence-corrected chi connectivity index (χ1v) is 7.06. The van der Waals surface area contributed by atoms with E-state index in [-0.39, 0.29) is 6.61 Å². The number of ether oxygens (including phenoxy) is 1. The third kappa shape index (κ3) is 4.06. The second kappa shape index (κ2) is 6.91. The van der Waals surface area contributed by atoms with Gasteiger partial charge in [-0.05, 0) is 18.6 Å². The predicted molar refractivity (Wildman–Crippen MR) is 86.9 cm³/mol. The van der Waals surface area contributed by atoms with Crippen molar-refractivity contribution in [2.24, 2.45) is 14.1 Å². The highest BCUT2D eigenvalue weighted by molar-refractivity contribution is 5.87. The van der Waals surface area contributed by atoms with Gasteiger partial charge in [-0.25, -0.2) is 9.59 Å². The summed E-state index contributed by atoms with van der Waals surface area (Å²) in [7, 11) is 2.91. The molecular formula is C17H18N2O4. The zero-order valence-electron chi connectivity index (χ0n) is 13.3. The van der Waals surface area contributed by atoms with Gasteiger partial charge in [0.25, 0.3) is 5.56 Å². The first-order chi connectivity index (χ1) is 10.9. The normalized spacial score (nSPS) is 10.9. The maximum atomic E-state index is 11.8. The summed E-state index contributed by atoms with van der Waals surface area (Å²) in [5, 5.41) is 0. The summed E-state index contributed by atoms with van der Waals surface area (Å²) >= 11 is 0. The molecule has 120 valence electrons. The van der Waals surface area contributed by atoms with Crippen molar-refractivity contribution in [3.63, 3.8) is 0 Å². The number of carbonyl (C=O) groups excluding carboxylic acids is 1. The maximum Gasteiger partial charge on any atom is 0.331 e. The molecule has 6 heteroatoms. The van der Waals surface area contributed by atoms with Crippen LogP contribution in [-0.4, -0.2) is 15.1 Å². The highest BCUT2D eigenvalue weighted by Crippen LogP contribution is 2.05. The van der Waals surface area contributed by atoms with Crippen LogP contribution in [0.3, 0.4) is 0 Å². The molecule has 2 aromatic rings. The number of aryl methyl sites for hydroxylation is 1. The van der Waals surface area contributed by atoms with Crippen LogP contribution in [0.2, 0.25) is 0 Å². The molecule has 0 fully saturated rings. The van der Waals surface area contributed by atoms with Crippen LogP contribution in [0, 0.1) is 6.92 Å². The van der Waals surface area contributed by atoms with Crippen molar-refractivity contribution < 1.29 is 9.53 Å². The van der Waals surface area contributed by atoms with Crippen LogP contribution in [0.4, 0.5) is 0 Å². The van der Waals surface area contributed by atoms with Crippen molar-refractivity contribution in [1.29, 1.82) is 0 Å². The fraction of sp³-hybridized carbons (Fsp3) is 0.235. The van der Waals surface area contributed by atoms with Crippen molar-refractivity contribution in [2.75, 3.05) is 0 Å². The lowest BCUT2D eigenvalue weighted by molar-refractivity contribution is -0.139. The minimum atomic E-state index is -0.543. The summed E-state index contributed by atoms with van der Waals surface area (Å²) in [5.41, 5.74) is 1.47. The summed E-state index contributed by atoms with van der Waals surface area (Å²) in [6.45, 7) is 1.84. The molecule has 23 heavy (non-hydrogen) atoms. The van der Waals surface area contributed by atoms with Gasteiger partial charge in [0, 0.05) is 26.2 Å². The Labute approximate surface area is 133 Å². The van der Waals surface area contributed by atoms with Gasteiger partial charge in [0.05, 0.1) is 5.69 Å². The molecule has 2 rings (SSSR count). The van der Waals surface area contributed by atoms with Crippen molar-refractivity contribution in [2.45, 2.75) is 13.5 Å². The van der Waals surface area contributed by atoms with Gasteiger partial charge < -0.3 is 4.74 Å². The monoisotopic (exact) mass is 314 g/mol. The number of rotatable bonds is 4. The van der Waals surface area contributed by atoms with E-state index in [0.29, 0.717) is 5.69 Å². The van der Waals surface area contributed by atoms with Gasteiger partial charge in [-0.2, -0.15) is 0 Å². The number of nitrogens with zero attached hydrogens (tertiary/aromatic N) is 2. The molecule has 0 radical (unpaired) electrons. The van der Waals surface area contributed by atoms with Crippen LogP contribution in [0.1, 0.15) is 16.8 Å². The molecule has 6 nitrogen and oxygen atoms in total. The van der Waals surface area contributed by atoms with E-state index in [1.54, 1.807) is 6.08 Å². The summed E-state index contributed by atoms with van der Waals surface area (Å²) in [6.07, 6.45) is 2.95. The van der Waals surface area contributed by atoms with E-state index in [4.69, 9.17) is 4.74 Å². The van der Waals surface area contributed by atoms with Gasteiger partial charge >= 0.3 is 11.7 Å². The lowest BCUT2D eigenvalue weighted by Gasteiger charge is -2.09. The van der Waals surface area contributed by atoms with Crippen molar-refractivity contribution in [3.05, 3.63) is 74.1 Å². The molecule has 0 atom stereocenters. The molecule has 0 aliphatic carbocycles. The van der Waals surface area contributed by atoms with E-state index >= 15 is 0 Å². The van der Waals surface area contributed by atoms with Gasteiger partial charge in [-0.3, -0.25) is 13.9 Å². The quantitative estimate of drug-likeness (QED) is 0.627. The number of benzene rings is 1. The van der Waals surface area contributed by atoms with E-state index in [0.717, 1.165) is 15.7 Å². The van der Waals surface area contributed by atoms with Gasteiger partial charge in [-0.1, -0.05) is 29.8 Å². The minimum Gasteiger partial charge on any atom is -0.456 e. The van der Waals surface area contributed by atoms with Crippen molar-refractivity contribution in [3.8, 4) is 0 Å². The van der Waals surface area contributed by atoms with Gasteiger partial charge in [0.15, 0.2) is 0 Å². The fourth-order valence-electron chi connectivity index (χ4n) is 1.95. The Morgan fingerprint density at radius 2 is 1.78 bits per heavy atom. The highest BCUT2D eigenvalue weighted by Gasteiger charge is 2.07. The van der Waals surface area contributed by atoms with Crippen molar-refractivity contribution >= 4 is 12.0 Å². The Kier molecular flexibility index (Phi) is 4.95. The van der Waals surface area contributed by atoms with Crippen LogP contribution in [-0.2, 0) is 30.2 Å². The van der Waals surface area contributed by atoms with E-state index < -0.39 is 17.2 Å². The second-order valence-electron chi connectivity index (χ2n) is 5.23. The zero-order chi connectivity index (χ0) is 17.0. The van der Waals surface area contributed by atoms with Crippen LogP contribution < -0.4 is 11.2 Å². The molecular weight excluding hydrogens is 296 g/mol. The van der Waals surface area contributed by atoms with Crippen molar-refractivity contribution in [1.82, 2.24) is 9.13 Å². The molecule has 1 aromatic heterocycles. The Morgan fingerprint density at radius 1 is 1.13 bits per heavy atom. The summed E-state index contributed by atoms with van der Waals surface area (Å²) in [4.78, 5) is 35.1. The molecule has 0 saturated heterocycles. The topological polar surface area (TPSA) is 70.3 Å². The molecule has 0 saturated carbocycles. The first-order valence-electron chi connectivity index (χ1n) is 7.06. The van der Waals surface area contributed by atoms with Gasteiger partial charge in [0.1, 0.15) is 6.61 Å². The van der Waals surface area contributed by atoms with Crippen LogP contribution in [0.15, 0.2) is 46.0 Å². The third-order valence-electron chi connectivity index (χ3n) is 3.48. The Morgan fingerprint density at radius 3 is 2.43 bits per heavy atom. The number of esters is 1. The lowest BCUT2D eigenvalue weighted by Crippen LogP contribution is -2.38. The molecule has 0 spiro atoms. The number of hydrogen-bond donors (Lipinski definition) is 0. The van der Waals surface area contributed by atoms with Gasteiger partial charge in [0.2, 0.25) is 0 Å². The SMILES string of the molecule is Cc1ccc(C=CC(=O)OCc2cc(=O)n(C)c(=O)n2C)cc1. The predicted octanol–water partition coefficient (Wildman–Crippen LogP) is 1.15. The average molecular weight is 314 g/mol. The molecule has 0 bridgehead atoms. The summed E-state index contributed by atoms with van der Waals surface area (Å²) in [5.74, 6) is -0.543. The molecule has 1 aromatic carbocycles. The molecule has 0 aliphatic heterocycles. The van der Waals surface area contributed by atoms with Crippen LogP contribution >= 0.6 is 0 Å².